The number of nitrogens with one attached hydrogen (secondary N) is 2. The second kappa shape index (κ2) is 16.4. The molecule has 8 N–H and O–H groups in total. The van der Waals surface area contributed by atoms with Crippen LogP contribution < -0.4 is 22.1 Å². The minimum absolute atomic E-state index is 0.000573. The highest BCUT2D eigenvalue weighted by molar-refractivity contribution is 7.80. The number of aliphatic hydroxyl groups excluding tert-OH is 1. The number of rotatable bonds is 8. The van der Waals surface area contributed by atoms with Crippen LogP contribution in [0.2, 0.25) is 0 Å². The maximum atomic E-state index is 14.7. The zero-order chi connectivity index (χ0) is 48.7. The summed E-state index contributed by atoms with van der Waals surface area (Å²) in [5.41, 5.74) is 12.5. The van der Waals surface area contributed by atoms with Crippen molar-refractivity contribution in [3.63, 3.8) is 0 Å². The molecule has 2 aromatic heterocycles. The lowest BCUT2D eigenvalue weighted by Gasteiger charge is -2.40. The first kappa shape index (κ1) is 45.4. The van der Waals surface area contributed by atoms with Gasteiger partial charge in [0.1, 0.15) is 31.0 Å². The standard InChI is InChI=1S/C48H53N7O14S/c1-20-35(52-45(49)70)41(58)53-17-23(66-43-22(12-13-31(64-20)67-43)18-62-44-38(56)39(21(2)65-44)68-46(50)60)14-29(53)42(59)63-19-48(61)15-30-54-27-10-6-4-8-24(27)33-34-26(16-51-40(34)57)32-25-9-5-7-11-28(25)55(37(32)36(33)54)47(48,3)69-30/h4-11,20-23,29-31,35,38-39,43-44,56,61H,12-19H2,1-3H3,(H2,50,60)(H,51,57)(H3,49,52,70)/t20-,21-,22-,23+,29-,30+,31+,35+,38+,39+,43+,44?,47-,48-/m0/s1. The third kappa shape index (κ3) is 6.75. The molecule has 21 nitrogen and oxygen atoms in total. The molecule has 1 unspecified atom stereocenters. The van der Waals surface area contributed by atoms with E-state index in [1.165, 1.54) is 4.90 Å². The summed E-state index contributed by atoms with van der Waals surface area (Å²) in [4.78, 5) is 56.0. The van der Waals surface area contributed by atoms with Gasteiger partial charge in [-0.15, -0.1) is 0 Å². The van der Waals surface area contributed by atoms with Crippen LogP contribution in [0.5, 0.6) is 0 Å². The molecule has 6 bridgehead atoms. The predicted octanol–water partition coefficient (Wildman–Crippen LogP) is 2.30. The van der Waals surface area contributed by atoms with Gasteiger partial charge >= 0.3 is 12.1 Å². The van der Waals surface area contributed by atoms with Crippen molar-refractivity contribution < 1.29 is 67.3 Å². The van der Waals surface area contributed by atoms with Gasteiger partial charge in [-0.3, -0.25) is 9.59 Å². The number of hydrogen-bond acceptors (Lipinski definition) is 15. The number of nitrogens with zero attached hydrogens (tertiary/aromatic N) is 3. The van der Waals surface area contributed by atoms with E-state index in [1.807, 2.05) is 53.1 Å². The Morgan fingerprint density at radius 1 is 0.971 bits per heavy atom. The summed E-state index contributed by atoms with van der Waals surface area (Å²) >= 11 is 5.21. The SMILES string of the molecule is C[C@@H]1OC(OC[C@@H]2CC[C@H]3O[C@H]2O[C@@H]2C[C@@H](C(=O)OC[C@@]4(O)C[C@H]5O[C@]4(C)n4c6ccccc6c6c7c(c8c9ccccc9n5c8c64)C(=O)NC7)N(C2)C(=O)[C@H](NC(N)=S)[C@H](C)O3)[C@H](O)[C@@H]1OC(N)=O. The van der Waals surface area contributed by atoms with Crippen molar-refractivity contribution in [1.29, 1.82) is 0 Å². The zero-order valence-corrected chi connectivity index (χ0v) is 39.2. The van der Waals surface area contributed by atoms with Gasteiger partial charge in [0.05, 0.1) is 52.5 Å². The highest BCUT2D eigenvalue weighted by Gasteiger charge is 2.62. The molecule has 0 aliphatic carbocycles. The second-order valence-electron chi connectivity index (χ2n) is 19.7. The zero-order valence-electron chi connectivity index (χ0n) is 38.4. The molecule has 70 heavy (non-hydrogen) atoms. The van der Waals surface area contributed by atoms with Crippen LogP contribution in [0.1, 0.15) is 68.6 Å². The predicted molar refractivity (Wildman–Crippen MR) is 249 cm³/mol. The molecule has 14 atom stereocenters. The van der Waals surface area contributed by atoms with E-state index in [4.69, 9.17) is 61.6 Å². The first-order valence-corrected chi connectivity index (χ1v) is 24.1. The van der Waals surface area contributed by atoms with Crippen molar-refractivity contribution in [3.05, 3.63) is 59.7 Å². The summed E-state index contributed by atoms with van der Waals surface area (Å²) < 4.78 is 53.5. The summed E-state index contributed by atoms with van der Waals surface area (Å²) in [6.07, 6.45) is -8.52. The van der Waals surface area contributed by atoms with Crippen LogP contribution in [0.4, 0.5) is 4.79 Å². The van der Waals surface area contributed by atoms with E-state index >= 15 is 0 Å². The van der Waals surface area contributed by atoms with Gasteiger partial charge in [0.2, 0.25) is 5.91 Å². The molecule has 0 saturated carbocycles. The lowest BCUT2D eigenvalue weighted by atomic mass is 9.89. The average molecular weight is 984 g/mol. The maximum absolute atomic E-state index is 14.7. The van der Waals surface area contributed by atoms with E-state index in [1.54, 1.807) is 20.8 Å². The van der Waals surface area contributed by atoms with E-state index in [-0.39, 0.29) is 37.0 Å². The van der Waals surface area contributed by atoms with Gasteiger partial charge in [-0.25, -0.2) is 9.59 Å². The first-order chi connectivity index (χ1) is 33.5. The van der Waals surface area contributed by atoms with Gasteiger partial charge in [0.15, 0.2) is 41.4 Å². The van der Waals surface area contributed by atoms with Crippen LogP contribution in [0, 0.1) is 5.92 Å². The van der Waals surface area contributed by atoms with Gasteiger partial charge in [0, 0.05) is 53.4 Å². The molecule has 5 fully saturated rings. The number of benzene rings is 3. The number of ether oxygens (including phenoxy) is 8. The fourth-order valence-electron chi connectivity index (χ4n) is 12.3. The summed E-state index contributed by atoms with van der Waals surface area (Å²) in [6, 6.07) is 13.3. The van der Waals surface area contributed by atoms with Gasteiger partial charge in [0.25, 0.3) is 5.91 Å². The van der Waals surface area contributed by atoms with Crippen LogP contribution >= 0.6 is 12.2 Å². The van der Waals surface area contributed by atoms with Gasteiger partial charge in [-0.05, 0) is 63.5 Å². The number of aromatic nitrogens is 2. The van der Waals surface area contributed by atoms with Gasteiger partial charge < -0.3 is 84.2 Å². The number of hydrogen-bond donors (Lipinski definition) is 6. The van der Waals surface area contributed by atoms with Crippen molar-refractivity contribution >= 4 is 84.8 Å². The van der Waals surface area contributed by atoms with Crippen LogP contribution in [-0.4, -0.2) is 140 Å². The quantitative estimate of drug-likeness (QED) is 0.0962. The Morgan fingerprint density at radius 2 is 1.71 bits per heavy atom. The number of aliphatic hydroxyl groups is 2. The second-order valence-corrected chi connectivity index (χ2v) is 20.1. The largest absolute Gasteiger partial charge is 0.461 e. The molecule has 3 aromatic carbocycles. The number of amides is 3. The van der Waals surface area contributed by atoms with Crippen molar-refractivity contribution in [2.75, 3.05) is 19.8 Å². The van der Waals surface area contributed by atoms with Crippen molar-refractivity contribution in [2.45, 2.75) is 132 Å². The van der Waals surface area contributed by atoms with Crippen molar-refractivity contribution in [3.8, 4) is 0 Å². The summed E-state index contributed by atoms with van der Waals surface area (Å²) in [7, 11) is 0. The number of primary amides is 1. The molecule has 12 rings (SSSR count). The Bertz CT molecular complexity index is 3050. The summed E-state index contributed by atoms with van der Waals surface area (Å²) in [5, 5.41) is 33.3. The number of fused-ring (bicyclic) bond motifs is 17. The van der Waals surface area contributed by atoms with Crippen LogP contribution in [0.15, 0.2) is 48.5 Å². The Kier molecular flexibility index (Phi) is 10.7. The fourth-order valence-corrected chi connectivity index (χ4v) is 12.4. The Balaban J connectivity index is 0.854. The molecule has 7 aliphatic rings. The lowest BCUT2D eigenvalue weighted by molar-refractivity contribution is -0.312. The number of para-hydroxylation sites is 2. The van der Waals surface area contributed by atoms with Crippen LogP contribution in [-0.2, 0) is 59.8 Å². The van der Waals surface area contributed by atoms with Crippen LogP contribution in [0.3, 0.4) is 0 Å². The molecule has 0 spiro atoms. The smallest absolute Gasteiger partial charge is 0.404 e. The van der Waals surface area contributed by atoms with Gasteiger partial charge in [-0.1, -0.05) is 36.4 Å². The van der Waals surface area contributed by atoms with E-state index in [9.17, 15) is 29.4 Å². The van der Waals surface area contributed by atoms with E-state index in [0.29, 0.717) is 24.9 Å². The number of esters is 1. The monoisotopic (exact) mass is 983 g/mol. The molecule has 5 aromatic rings. The molecular formula is C48H53N7O14S. The summed E-state index contributed by atoms with van der Waals surface area (Å²) in [5.74, 6) is -1.91. The lowest BCUT2D eigenvalue weighted by Crippen LogP contribution is -2.58. The Labute approximate surface area is 404 Å². The molecule has 7 aliphatic heterocycles. The van der Waals surface area contributed by atoms with Crippen molar-refractivity contribution in [1.82, 2.24) is 24.7 Å². The van der Waals surface area contributed by atoms with E-state index < -0.39 is 110 Å². The number of nitrogens with two attached hydrogens (primary N) is 2. The molecule has 9 heterocycles. The third-order valence-electron chi connectivity index (χ3n) is 15.6. The Hall–Kier alpha value is -5.69. The maximum Gasteiger partial charge on any atom is 0.404 e. The highest BCUT2D eigenvalue weighted by atomic mass is 32.1. The van der Waals surface area contributed by atoms with E-state index in [0.717, 1.165) is 49.2 Å². The Morgan fingerprint density at radius 3 is 2.47 bits per heavy atom. The number of carbonyl (C=O) groups excluding carboxylic acids is 4. The van der Waals surface area contributed by atoms with E-state index in [2.05, 4.69) is 15.2 Å². The third-order valence-corrected chi connectivity index (χ3v) is 15.7. The topological polar surface area (TPSA) is 272 Å². The van der Waals surface area contributed by atoms with Crippen molar-refractivity contribution in [2.24, 2.45) is 17.4 Å². The normalized spacial score (nSPS) is 35.6. The molecule has 22 heteroatoms. The number of thiocarbonyl (C=S) groups is 1. The summed E-state index contributed by atoms with van der Waals surface area (Å²) in [6.45, 7) is 4.85. The molecule has 370 valence electrons. The number of carbonyl (C=O) groups is 4. The van der Waals surface area contributed by atoms with Crippen LogP contribution in [0.25, 0.3) is 43.6 Å². The first-order valence-electron chi connectivity index (χ1n) is 23.7. The fraction of sp³-hybridized carbons (Fsp3) is 0.521. The highest BCUT2D eigenvalue weighted by Crippen LogP contribution is 2.57. The molecule has 3 amide bonds. The molecule has 5 saturated heterocycles. The minimum Gasteiger partial charge on any atom is -0.461 e. The molecular weight excluding hydrogens is 931 g/mol. The van der Waals surface area contributed by atoms with Gasteiger partial charge in [-0.2, -0.15) is 0 Å². The minimum atomic E-state index is -1.84. The average Bonchev–Trinajstić information content (AvgIpc) is 4.16. The molecule has 0 radical (unpaired) electrons.